The standard InChI is InChI=1S/C32H31F4N3O4/c1-21-27(30(40)3-2-18-42-32(34,35)36)12-13-29-28(21)20-39(37-29)19-22-14-16-38(17-15-22)31(41)23-4-8-25(9-5-23)43-26-10-6-24(33)7-11-26/h4-13,20,22H,2-3,14-19H2,1H3. The summed E-state index contributed by atoms with van der Waals surface area (Å²) in [6.07, 6.45) is -1.22. The number of alkyl halides is 3. The molecule has 1 aromatic heterocycles. The van der Waals surface area contributed by atoms with Crippen molar-refractivity contribution in [2.24, 2.45) is 5.92 Å². The number of benzene rings is 3. The van der Waals surface area contributed by atoms with E-state index >= 15 is 0 Å². The molecule has 0 unspecified atom stereocenters. The highest BCUT2D eigenvalue weighted by atomic mass is 19.4. The Bertz CT molecular complexity index is 1580. The Labute approximate surface area is 246 Å². The molecule has 4 aromatic rings. The number of carbonyl (C=O) groups excluding carboxylic acids is 2. The first kappa shape index (κ1) is 30.2. The molecule has 11 heteroatoms. The van der Waals surface area contributed by atoms with E-state index in [4.69, 9.17) is 4.74 Å². The highest BCUT2D eigenvalue weighted by Crippen LogP contribution is 2.27. The van der Waals surface area contributed by atoms with Crippen LogP contribution < -0.4 is 4.74 Å². The zero-order valence-corrected chi connectivity index (χ0v) is 23.6. The van der Waals surface area contributed by atoms with E-state index in [0.29, 0.717) is 48.2 Å². The van der Waals surface area contributed by atoms with Crippen molar-refractivity contribution in [1.82, 2.24) is 14.7 Å². The van der Waals surface area contributed by atoms with Gasteiger partial charge < -0.3 is 9.64 Å². The lowest BCUT2D eigenvalue weighted by Gasteiger charge is -2.32. The Morgan fingerprint density at radius 2 is 1.60 bits per heavy atom. The van der Waals surface area contributed by atoms with Crippen molar-refractivity contribution in [2.45, 2.75) is 45.5 Å². The van der Waals surface area contributed by atoms with Gasteiger partial charge in [-0.1, -0.05) is 0 Å². The smallest absolute Gasteiger partial charge is 0.457 e. The van der Waals surface area contributed by atoms with Crippen molar-refractivity contribution in [3.8, 4) is 11.5 Å². The van der Waals surface area contributed by atoms with Gasteiger partial charge in [-0.15, -0.1) is 13.2 Å². The summed E-state index contributed by atoms with van der Waals surface area (Å²) in [5.41, 5.74) is 2.53. The maximum atomic E-state index is 13.1. The second-order valence-corrected chi connectivity index (χ2v) is 10.7. The number of nitrogens with zero attached hydrogens (tertiary/aromatic N) is 3. The molecule has 1 amide bonds. The lowest BCUT2D eigenvalue weighted by atomic mass is 9.96. The number of likely N-dealkylation sites (tertiary alicyclic amines) is 1. The maximum Gasteiger partial charge on any atom is 0.522 e. The van der Waals surface area contributed by atoms with E-state index in [9.17, 15) is 27.2 Å². The fourth-order valence-electron chi connectivity index (χ4n) is 5.30. The minimum absolute atomic E-state index is 0.0203. The molecule has 5 rings (SSSR count). The first-order valence-corrected chi connectivity index (χ1v) is 14.1. The topological polar surface area (TPSA) is 73.7 Å². The predicted molar refractivity (Wildman–Crippen MR) is 152 cm³/mol. The van der Waals surface area contributed by atoms with E-state index in [2.05, 4.69) is 9.84 Å². The zero-order chi connectivity index (χ0) is 30.6. The number of rotatable bonds is 10. The van der Waals surface area contributed by atoms with Gasteiger partial charge in [0, 0.05) is 48.8 Å². The van der Waals surface area contributed by atoms with Crippen LogP contribution in [0.3, 0.4) is 0 Å². The van der Waals surface area contributed by atoms with Crippen molar-refractivity contribution in [2.75, 3.05) is 19.7 Å². The third-order valence-electron chi connectivity index (χ3n) is 7.62. The van der Waals surface area contributed by atoms with Gasteiger partial charge in [-0.2, -0.15) is 5.10 Å². The SMILES string of the molecule is Cc1c(C(=O)CCCOC(F)(F)F)ccc2nn(CC3CCN(C(=O)c4ccc(Oc5ccc(F)cc5)cc4)CC3)cc12. The van der Waals surface area contributed by atoms with Crippen molar-refractivity contribution in [3.63, 3.8) is 0 Å². The molecule has 2 heterocycles. The number of aryl methyl sites for hydroxylation is 1. The van der Waals surface area contributed by atoms with Crippen LogP contribution in [0.15, 0.2) is 66.9 Å². The first-order chi connectivity index (χ1) is 20.6. The summed E-state index contributed by atoms with van der Waals surface area (Å²) in [4.78, 5) is 27.6. The zero-order valence-electron chi connectivity index (χ0n) is 23.6. The fraction of sp³-hybridized carbons (Fsp3) is 0.344. The summed E-state index contributed by atoms with van der Waals surface area (Å²) in [7, 11) is 0. The number of halogens is 4. The fourth-order valence-corrected chi connectivity index (χ4v) is 5.30. The van der Waals surface area contributed by atoms with Crippen LogP contribution in [0.1, 0.15) is 52.0 Å². The van der Waals surface area contributed by atoms with Crippen LogP contribution in [0.4, 0.5) is 17.6 Å². The molecule has 3 aromatic carbocycles. The number of amides is 1. The third-order valence-corrected chi connectivity index (χ3v) is 7.62. The monoisotopic (exact) mass is 597 g/mol. The van der Waals surface area contributed by atoms with Crippen LogP contribution >= 0.6 is 0 Å². The molecule has 1 aliphatic rings. The maximum absolute atomic E-state index is 13.1. The molecule has 43 heavy (non-hydrogen) atoms. The van der Waals surface area contributed by atoms with Gasteiger partial charge in [-0.3, -0.25) is 19.0 Å². The molecule has 0 N–H and O–H groups in total. The Hall–Kier alpha value is -4.25. The lowest BCUT2D eigenvalue weighted by Crippen LogP contribution is -2.39. The Balaban J connectivity index is 1.13. The Morgan fingerprint density at radius 3 is 2.26 bits per heavy atom. The minimum atomic E-state index is -4.70. The highest BCUT2D eigenvalue weighted by molar-refractivity contribution is 6.01. The molecule has 0 bridgehead atoms. The van der Waals surface area contributed by atoms with Crippen molar-refractivity contribution in [3.05, 3.63) is 89.4 Å². The van der Waals surface area contributed by atoms with Crippen molar-refractivity contribution in [1.29, 1.82) is 0 Å². The van der Waals surface area contributed by atoms with Gasteiger partial charge in [0.25, 0.3) is 5.91 Å². The number of ketones is 1. The molecular weight excluding hydrogens is 566 g/mol. The van der Waals surface area contributed by atoms with Gasteiger partial charge in [-0.05, 0) is 98.3 Å². The molecule has 1 aliphatic heterocycles. The molecule has 0 saturated carbocycles. The number of hydrogen-bond acceptors (Lipinski definition) is 5. The van der Waals surface area contributed by atoms with E-state index < -0.39 is 13.0 Å². The number of piperidine rings is 1. The van der Waals surface area contributed by atoms with Crippen LogP contribution in [-0.4, -0.2) is 52.4 Å². The van der Waals surface area contributed by atoms with E-state index in [-0.39, 0.29) is 30.3 Å². The van der Waals surface area contributed by atoms with Gasteiger partial charge in [0.05, 0.1) is 12.1 Å². The normalized spacial score (nSPS) is 14.3. The molecule has 0 spiro atoms. The van der Waals surface area contributed by atoms with Gasteiger partial charge >= 0.3 is 6.36 Å². The number of hydrogen-bond donors (Lipinski definition) is 0. The number of carbonyl (C=O) groups is 2. The van der Waals surface area contributed by atoms with Gasteiger partial charge in [0.2, 0.25) is 0 Å². The van der Waals surface area contributed by atoms with Crippen LogP contribution in [0, 0.1) is 18.7 Å². The minimum Gasteiger partial charge on any atom is -0.457 e. The van der Waals surface area contributed by atoms with E-state index in [1.54, 1.807) is 36.4 Å². The predicted octanol–water partition coefficient (Wildman–Crippen LogP) is 7.33. The number of fused-ring (bicyclic) bond motifs is 1. The molecular formula is C32H31F4N3O4. The highest BCUT2D eigenvalue weighted by Gasteiger charge is 2.29. The largest absolute Gasteiger partial charge is 0.522 e. The second-order valence-electron chi connectivity index (χ2n) is 10.7. The average molecular weight is 598 g/mol. The molecule has 0 radical (unpaired) electrons. The number of Topliss-reactive ketones (excluding diaryl/α,β-unsaturated/α-hetero) is 1. The summed E-state index contributed by atoms with van der Waals surface area (Å²) in [5, 5.41) is 5.49. The molecule has 0 atom stereocenters. The summed E-state index contributed by atoms with van der Waals surface area (Å²) in [6.45, 7) is 3.17. The summed E-state index contributed by atoms with van der Waals surface area (Å²) in [5.74, 6) is 0.755. The Kier molecular flexibility index (Phi) is 9.10. The summed E-state index contributed by atoms with van der Waals surface area (Å²) < 4.78 is 60.9. The van der Waals surface area contributed by atoms with Crippen LogP contribution in [-0.2, 0) is 11.3 Å². The third kappa shape index (κ3) is 7.78. The molecule has 1 saturated heterocycles. The van der Waals surface area contributed by atoms with Crippen LogP contribution in [0.2, 0.25) is 0 Å². The molecule has 0 aliphatic carbocycles. The molecule has 226 valence electrons. The van der Waals surface area contributed by atoms with Crippen LogP contribution in [0.5, 0.6) is 11.5 Å². The quantitative estimate of drug-likeness (QED) is 0.109. The summed E-state index contributed by atoms with van der Waals surface area (Å²) in [6, 6.07) is 16.0. The van der Waals surface area contributed by atoms with E-state index in [1.165, 1.54) is 24.3 Å². The second kappa shape index (κ2) is 12.9. The van der Waals surface area contributed by atoms with Gasteiger partial charge in [-0.25, -0.2) is 4.39 Å². The molecule has 1 fully saturated rings. The Morgan fingerprint density at radius 1 is 0.953 bits per heavy atom. The van der Waals surface area contributed by atoms with Crippen LogP contribution in [0.25, 0.3) is 10.9 Å². The average Bonchev–Trinajstić information content (AvgIpc) is 3.40. The van der Waals surface area contributed by atoms with Crippen molar-refractivity contribution >= 4 is 22.6 Å². The van der Waals surface area contributed by atoms with Crippen molar-refractivity contribution < 1.29 is 36.6 Å². The molecule has 7 nitrogen and oxygen atoms in total. The first-order valence-electron chi connectivity index (χ1n) is 14.1. The van der Waals surface area contributed by atoms with Gasteiger partial charge in [0.1, 0.15) is 17.3 Å². The lowest BCUT2D eigenvalue weighted by molar-refractivity contribution is -0.324. The van der Waals surface area contributed by atoms with E-state index in [1.807, 2.05) is 22.7 Å². The van der Waals surface area contributed by atoms with E-state index in [0.717, 1.165) is 29.3 Å². The van der Waals surface area contributed by atoms with Gasteiger partial charge in [0.15, 0.2) is 5.78 Å². The summed E-state index contributed by atoms with van der Waals surface area (Å²) >= 11 is 0. The number of aromatic nitrogens is 2. The number of ether oxygens (including phenoxy) is 2.